The molecule has 2 unspecified atom stereocenters. The molecule has 0 aromatic heterocycles. The Kier molecular flexibility index (Phi) is 3.75. The zero-order chi connectivity index (χ0) is 10.7. The second-order valence-electron chi connectivity index (χ2n) is 4.68. The zero-order valence-corrected chi connectivity index (χ0v) is 9.06. The molecule has 0 aromatic carbocycles. The van der Waals surface area contributed by atoms with Gasteiger partial charge in [-0.25, -0.2) is 0 Å². The van der Waals surface area contributed by atoms with E-state index in [-0.39, 0.29) is 12.1 Å². The van der Waals surface area contributed by atoms with Crippen molar-refractivity contribution in [1.29, 1.82) is 0 Å². The van der Waals surface area contributed by atoms with Crippen molar-refractivity contribution < 1.29 is 4.74 Å². The first-order chi connectivity index (χ1) is 7.24. The SMILES string of the molecule is NC1C=CC(CNCC2CC(N)C2)OC1. The van der Waals surface area contributed by atoms with Crippen LogP contribution in [0.15, 0.2) is 12.2 Å². The van der Waals surface area contributed by atoms with Gasteiger partial charge >= 0.3 is 0 Å². The molecule has 1 aliphatic heterocycles. The molecule has 5 N–H and O–H groups in total. The summed E-state index contributed by atoms with van der Waals surface area (Å²) >= 11 is 0. The Morgan fingerprint density at radius 3 is 2.60 bits per heavy atom. The molecule has 1 saturated carbocycles. The monoisotopic (exact) mass is 211 g/mol. The van der Waals surface area contributed by atoms with E-state index in [2.05, 4.69) is 5.32 Å². The highest BCUT2D eigenvalue weighted by Crippen LogP contribution is 2.24. The lowest BCUT2D eigenvalue weighted by molar-refractivity contribution is 0.0697. The van der Waals surface area contributed by atoms with Crippen LogP contribution in [0.4, 0.5) is 0 Å². The van der Waals surface area contributed by atoms with Crippen LogP contribution in [0.25, 0.3) is 0 Å². The Balaban J connectivity index is 1.56. The van der Waals surface area contributed by atoms with Gasteiger partial charge in [-0.15, -0.1) is 0 Å². The van der Waals surface area contributed by atoms with Crippen molar-refractivity contribution in [2.24, 2.45) is 17.4 Å². The summed E-state index contributed by atoms with van der Waals surface area (Å²) in [5.74, 6) is 0.773. The molecule has 0 aromatic rings. The molecule has 0 spiro atoms. The number of hydrogen-bond donors (Lipinski definition) is 3. The Labute approximate surface area is 91.0 Å². The van der Waals surface area contributed by atoms with Crippen molar-refractivity contribution in [3.8, 4) is 0 Å². The topological polar surface area (TPSA) is 73.3 Å². The molecule has 0 bridgehead atoms. The molecule has 4 heteroatoms. The Hall–Kier alpha value is -0.420. The standard InChI is InChI=1S/C11H21N3O/c12-9-1-2-11(15-7-9)6-14-5-8-3-10(13)4-8/h1-2,8-11,14H,3-7,12-13H2. The van der Waals surface area contributed by atoms with Crippen LogP contribution in [0.2, 0.25) is 0 Å². The highest BCUT2D eigenvalue weighted by molar-refractivity contribution is 5.01. The Morgan fingerprint density at radius 1 is 1.20 bits per heavy atom. The first kappa shape index (κ1) is 11.1. The van der Waals surface area contributed by atoms with Crippen LogP contribution in [0, 0.1) is 5.92 Å². The van der Waals surface area contributed by atoms with Crippen molar-refractivity contribution in [3.63, 3.8) is 0 Å². The normalized spacial score (nSPS) is 40.1. The zero-order valence-electron chi connectivity index (χ0n) is 9.06. The molecule has 4 nitrogen and oxygen atoms in total. The highest BCUT2D eigenvalue weighted by atomic mass is 16.5. The third-order valence-corrected chi connectivity index (χ3v) is 3.13. The van der Waals surface area contributed by atoms with Crippen molar-refractivity contribution >= 4 is 0 Å². The van der Waals surface area contributed by atoms with E-state index in [9.17, 15) is 0 Å². The summed E-state index contributed by atoms with van der Waals surface area (Å²) in [5.41, 5.74) is 11.4. The lowest BCUT2D eigenvalue weighted by Gasteiger charge is -2.33. The maximum absolute atomic E-state index is 5.72. The highest BCUT2D eigenvalue weighted by Gasteiger charge is 2.25. The molecule has 1 heterocycles. The van der Waals surface area contributed by atoms with Crippen molar-refractivity contribution in [3.05, 3.63) is 12.2 Å². The summed E-state index contributed by atoms with van der Waals surface area (Å²) in [6.45, 7) is 2.58. The predicted octanol–water partition coefficient (Wildman–Crippen LogP) is -0.404. The fourth-order valence-electron chi connectivity index (χ4n) is 2.12. The van der Waals surface area contributed by atoms with Gasteiger partial charge in [0.05, 0.1) is 12.7 Å². The Bertz CT molecular complexity index is 226. The van der Waals surface area contributed by atoms with Crippen molar-refractivity contribution in [2.45, 2.75) is 31.0 Å². The van der Waals surface area contributed by atoms with E-state index in [1.54, 1.807) is 0 Å². The van der Waals surface area contributed by atoms with E-state index in [0.29, 0.717) is 12.6 Å². The number of rotatable bonds is 4. The van der Waals surface area contributed by atoms with Crippen molar-refractivity contribution in [2.75, 3.05) is 19.7 Å². The molecule has 0 radical (unpaired) electrons. The third-order valence-electron chi connectivity index (χ3n) is 3.13. The van der Waals surface area contributed by atoms with Gasteiger partial charge in [0.15, 0.2) is 0 Å². The van der Waals surface area contributed by atoms with E-state index < -0.39 is 0 Å². The minimum atomic E-state index is 0.0749. The summed E-state index contributed by atoms with van der Waals surface area (Å²) in [6, 6.07) is 0.520. The summed E-state index contributed by atoms with van der Waals surface area (Å²) in [4.78, 5) is 0. The average molecular weight is 211 g/mol. The molecule has 1 fully saturated rings. The first-order valence-electron chi connectivity index (χ1n) is 5.76. The van der Waals surface area contributed by atoms with Crippen LogP contribution in [-0.4, -0.2) is 37.9 Å². The van der Waals surface area contributed by atoms with E-state index in [1.807, 2.05) is 12.2 Å². The van der Waals surface area contributed by atoms with Crippen LogP contribution in [0.1, 0.15) is 12.8 Å². The van der Waals surface area contributed by atoms with Crippen LogP contribution in [0.5, 0.6) is 0 Å². The fraction of sp³-hybridized carbons (Fsp3) is 0.818. The van der Waals surface area contributed by atoms with E-state index in [4.69, 9.17) is 16.2 Å². The minimum absolute atomic E-state index is 0.0749. The van der Waals surface area contributed by atoms with Gasteiger partial charge < -0.3 is 21.5 Å². The molecule has 2 rings (SSSR count). The van der Waals surface area contributed by atoms with Gasteiger partial charge in [-0.05, 0) is 25.3 Å². The number of ether oxygens (including phenoxy) is 1. The lowest BCUT2D eigenvalue weighted by Crippen LogP contribution is -2.43. The third kappa shape index (κ3) is 3.28. The quantitative estimate of drug-likeness (QED) is 0.553. The second-order valence-corrected chi connectivity index (χ2v) is 4.68. The van der Waals surface area contributed by atoms with Gasteiger partial charge in [0, 0.05) is 18.6 Å². The van der Waals surface area contributed by atoms with E-state index in [0.717, 1.165) is 19.0 Å². The molecule has 1 aliphatic carbocycles. The molecular formula is C11H21N3O. The summed E-state index contributed by atoms with van der Waals surface area (Å²) in [7, 11) is 0. The van der Waals surface area contributed by atoms with Gasteiger partial charge in [0.25, 0.3) is 0 Å². The fourth-order valence-corrected chi connectivity index (χ4v) is 2.12. The van der Waals surface area contributed by atoms with Gasteiger partial charge in [0.1, 0.15) is 0 Å². The molecule has 15 heavy (non-hydrogen) atoms. The summed E-state index contributed by atoms with van der Waals surface area (Å²) < 4.78 is 5.55. The maximum atomic E-state index is 5.72. The van der Waals surface area contributed by atoms with Gasteiger partial charge in [-0.2, -0.15) is 0 Å². The largest absolute Gasteiger partial charge is 0.371 e. The van der Waals surface area contributed by atoms with Gasteiger partial charge in [-0.1, -0.05) is 12.2 Å². The van der Waals surface area contributed by atoms with Crippen LogP contribution in [-0.2, 0) is 4.74 Å². The first-order valence-corrected chi connectivity index (χ1v) is 5.76. The van der Waals surface area contributed by atoms with Gasteiger partial charge in [0.2, 0.25) is 0 Å². The molecule has 2 atom stereocenters. The predicted molar refractivity (Wildman–Crippen MR) is 60.4 cm³/mol. The average Bonchev–Trinajstić information content (AvgIpc) is 2.18. The second kappa shape index (κ2) is 5.07. The molecule has 0 saturated heterocycles. The number of nitrogens with one attached hydrogen (secondary N) is 1. The van der Waals surface area contributed by atoms with E-state index in [1.165, 1.54) is 12.8 Å². The Morgan fingerprint density at radius 2 is 2.00 bits per heavy atom. The lowest BCUT2D eigenvalue weighted by atomic mass is 9.81. The van der Waals surface area contributed by atoms with Crippen LogP contribution in [0.3, 0.4) is 0 Å². The van der Waals surface area contributed by atoms with Crippen LogP contribution < -0.4 is 16.8 Å². The molecule has 0 amide bonds. The molecule has 2 aliphatic rings. The smallest absolute Gasteiger partial charge is 0.0881 e. The minimum Gasteiger partial charge on any atom is -0.371 e. The van der Waals surface area contributed by atoms with Crippen LogP contribution >= 0.6 is 0 Å². The summed E-state index contributed by atoms with van der Waals surface area (Å²) in [5, 5.41) is 3.42. The van der Waals surface area contributed by atoms with Crippen molar-refractivity contribution in [1.82, 2.24) is 5.32 Å². The van der Waals surface area contributed by atoms with E-state index >= 15 is 0 Å². The molecule has 86 valence electrons. The number of nitrogens with two attached hydrogens (primary N) is 2. The van der Waals surface area contributed by atoms with Gasteiger partial charge in [-0.3, -0.25) is 0 Å². The number of hydrogen-bond acceptors (Lipinski definition) is 4. The maximum Gasteiger partial charge on any atom is 0.0881 e. The summed E-state index contributed by atoms with van der Waals surface area (Å²) in [6.07, 6.45) is 6.60. The molecular weight excluding hydrogens is 190 g/mol.